The summed E-state index contributed by atoms with van der Waals surface area (Å²) in [6.45, 7) is 3.54. The molecule has 0 N–H and O–H groups in total. The molecule has 1 spiro atoms. The highest BCUT2D eigenvalue weighted by atomic mass is 19.2. The monoisotopic (exact) mass is 496 g/mol. The second-order valence-electron chi connectivity index (χ2n) is 9.10. The van der Waals surface area contributed by atoms with Crippen molar-refractivity contribution in [1.29, 1.82) is 0 Å². The van der Waals surface area contributed by atoms with Gasteiger partial charge in [0.15, 0.2) is 11.6 Å². The van der Waals surface area contributed by atoms with Gasteiger partial charge >= 0.3 is 0 Å². The average molecular weight is 497 g/mol. The number of halogens is 3. The quantitative estimate of drug-likeness (QED) is 0.260. The van der Waals surface area contributed by atoms with Gasteiger partial charge < -0.3 is 9.57 Å². The van der Waals surface area contributed by atoms with E-state index in [1.54, 1.807) is 12.3 Å². The van der Waals surface area contributed by atoms with Crippen LogP contribution in [0.1, 0.15) is 53.8 Å². The molecule has 0 bridgehead atoms. The first kappa shape index (κ1) is 24.4. The molecule has 2 aromatic heterocycles. The number of pyridine rings is 2. The first-order valence-corrected chi connectivity index (χ1v) is 12.0. The number of benzene rings is 1. The van der Waals surface area contributed by atoms with Crippen LogP contribution in [0, 0.1) is 11.6 Å². The van der Waals surface area contributed by atoms with Crippen molar-refractivity contribution < 1.29 is 22.7 Å². The van der Waals surface area contributed by atoms with Crippen LogP contribution in [-0.4, -0.2) is 47.0 Å². The Morgan fingerprint density at radius 1 is 1.14 bits per heavy atom. The van der Waals surface area contributed by atoms with E-state index in [2.05, 4.69) is 26.9 Å². The molecule has 188 valence electrons. The minimum absolute atomic E-state index is 0.116. The van der Waals surface area contributed by atoms with E-state index in [1.165, 1.54) is 17.2 Å². The summed E-state index contributed by atoms with van der Waals surface area (Å²) >= 11 is 0. The fourth-order valence-electron chi connectivity index (χ4n) is 4.98. The van der Waals surface area contributed by atoms with Gasteiger partial charge in [-0.05, 0) is 61.2 Å². The normalized spacial score (nSPS) is 18.3. The van der Waals surface area contributed by atoms with Gasteiger partial charge in [-0.25, -0.2) is 13.2 Å². The van der Waals surface area contributed by atoms with Crippen LogP contribution in [0.4, 0.5) is 13.2 Å². The third kappa shape index (κ3) is 4.73. The Morgan fingerprint density at radius 3 is 2.69 bits per heavy atom. The minimum atomic E-state index is -1.01. The van der Waals surface area contributed by atoms with Crippen LogP contribution in [0.15, 0.2) is 60.1 Å². The Morgan fingerprint density at radius 2 is 1.97 bits per heavy atom. The fraction of sp³-hybridized carbons (Fsp3) is 0.370. The van der Waals surface area contributed by atoms with Gasteiger partial charge in [0.1, 0.15) is 19.0 Å². The molecule has 0 amide bonds. The highest BCUT2D eigenvalue weighted by molar-refractivity contribution is 6.11. The first-order chi connectivity index (χ1) is 17.5. The number of oxime groups is 1. The van der Waals surface area contributed by atoms with Crippen LogP contribution >= 0.6 is 0 Å². The summed E-state index contributed by atoms with van der Waals surface area (Å²) in [7, 11) is 0. The maximum atomic E-state index is 13.8. The minimum Gasteiger partial charge on any atom is -0.392 e. The van der Waals surface area contributed by atoms with Crippen molar-refractivity contribution in [2.45, 2.75) is 38.0 Å². The molecule has 1 fully saturated rings. The van der Waals surface area contributed by atoms with Crippen molar-refractivity contribution in [2.75, 3.05) is 26.4 Å². The molecule has 5 rings (SSSR count). The summed E-state index contributed by atoms with van der Waals surface area (Å²) in [5.74, 6) is -1.98. The van der Waals surface area contributed by atoms with E-state index < -0.39 is 18.3 Å². The van der Waals surface area contributed by atoms with Crippen LogP contribution in [0.3, 0.4) is 0 Å². The second kappa shape index (κ2) is 10.4. The number of alkyl halides is 1. The van der Waals surface area contributed by atoms with Crippen molar-refractivity contribution in [3.05, 3.63) is 94.6 Å². The molecule has 1 saturated heterocycles. The number of likely N-dealkylation sites (tertiary alicyclic amines) is 1. The number of rotatable bonds is 7. The van der Waals surface area contributed by atoms with Gasteiger partial charge in [-0.1, -0.05) is 11.2 Å². The smallest absolute Gasteiger partial charge is 0.159 e. The molecule has 1 aromatic carbocycles. The molecular formula is C27H27F3N4O2. The average Bonchev–Trinajstić information content (AvgIpc) is 3.26. The Kier molecular flexibility index (Phi) is 7.02. The van der Waals surface area contributed by atoms with Crippen molar-refractivity contribution in [1.82, 2.24) is 14.9 Å². The molecule has 2 aliphatic rings. The molecule has 2 aliphatic heterocycles. The van der Waals surface area contributed by atoms with Crippen molar-refractivity contribution in [3.8, 4) is 0 Å². The summed E-state index contributed by atoms with van der Waals surface area (Å²) in [6.07, 6.45) is 7.28. The van der Waals surface area contributed by atoms with Crippen LogP contribution in [0.5, 0.6) is 0 Å². The van der Waals surface area contributed by atoms with Gasteiger partial charge in [-0.3, -0.25) is 14.9 Å². The zero-order chi connectivity index (χ0) is 25.1. The summed E-state index contributed by atoms with van der Waals surface area (Å²) in [6, 6.07) is 9.27. The highest BCUT2D eigenvalue weighted by Gasteiger charge is 2.43. The van der Waals surface area contributed by atoms with Crippen molar-refractivity contribution in [3.63, 3.8) is 0 Å². The van der Waals surface area contributed by atoms with Crippen LogP contribution < -0.4 is 0 Å². The molecule has 0 aliphatic carbocycles. The molecule has 1 atom stereocenters. The number of fused-ring (bicyclic) bond motifs is 2. The predicted molar refractivity (Wildman–Crippen MR) is 128 cm³/mol. The lowest BCUT2D eigenvalue weighted by Crippen LogP contribution is -2.43. The number of nitrogens with zero attached hydrogens (tertiary/aromatic N) is 4. The molecule has 6 nitrogen and oxygen atoms in total. The molecule has 9 heteroatoms. The Labute approximate surface area is 207 Å². The molecule has 0 radical (unpaired) electrons. The third-order valence-corrected chi connectivity index (χ3v) is 7.09. The zero-order valence-corrected chi connectivity index (χ0v) is 20.0. The SMILES string of the molecule is CC(c1ccc(C(=NOCCF)c2ccc(F)c(F)c2)nc1)N1CCC2(CC1)OCc1ccncc12. The second-order valence-corrected chi connectivity index (χ2v) is 9.10. The van der Waals surface area contributed by atoms with Crippen LogP contribution in [0.25, 0.3) is 0 Å². The highest BCUT2D eigenvalue weighted by Crippen LogP contribution is 2.44. The number of hydrogen-bond acceptors (Lipinski definition) is 6. The van der Waals surface area contributed by atoms with E-state index in [1.807, 2.05) is 24.5 Å². The van der Waals surface area contributed by atoms with E-state index in [0.29, 0.717) is 12.3 Å². The van der Waals surface area contributed by atoms with Gasteiger partial charge in [0, 0.05) is 48.8 Å². The van der Waals surface area contributed by atoms with Gasteiger partial charge in [-0.2, -0.15) is 0 Å². The zero-order valence-electron chi connectivity index (χ0n) is 20.0. The van der Waals surface area contributed by atoms with Gasteiger partial charge in [-0.15, -0.1) is 0 Å². The maximum absolute atomic E-state index is 13.8. The predicted octanol–water partition coefficient (Wildman–Crippen LogP) is 5.08. The molecular weight excluding hydrogens is 469 g/mol. The largest absolute Gasteiger partial charge is 0.392 e. The van der Waals surface area contributed by atoms with E-state index >= 15 is 0 Å². The fourth-order valence-corrected chi connectivity index (χ4v) is 4.98. The van der Waals surface area contributed by atoms with E-state index in [0.717, 1.165) is 43.6 Å². The lowest BCUT2D eigenvalue weighted by atomic mass is 9.84. The summed E-state index contributed by atoms with van der Waals surface area (Å²) < 4.78 is 46.0. The molecule has 3 aromatic rings. The number of piperidine rings is 1. The van der Waals surface area contributed by atoms with Gasteiger partial charge in [0.2, 0.25) is 0 Å². The summed E-state index contributed by atoms with van der Waals surface area (Å²) in [4.78, 5) is 16.2. The molecule has 0 saturated carbocycles. The topological polar surface area (TPSA) is 59.8 Å². The molecule has 4 heterocycles. The lowest BCUT2D eigenvalue weighted by Gasteiger charge is -2.41. The number of hydrogen-bond donors (Lipinski definition) is 0. The Balaban J connectivity index is 1.30. The lowest BCUT2D eigenvalue weighted by molar-refractivity contribution is -0.0838. The molecule has 1 unspecified atom stereocenters. The standard InChI is InChI=1S/C27H27F3N4O2/c1-18(34-11-7-27(8-12-34)22-16-31-10-6-21(22)17-35-27)20-3-5-25(32-15-20)26(33-36-13-9-28)19-2-4-23(29)24(30)14-19/h2-6,10,14-16,18H,7-9,11-13,17H2,1H3. The first-order valence-electron chi connectivity index (χ1n) is 12.0. The Hall–Kier alpha value is -3.30. The van der Waals surface area contributed by atoms with Gasteiger partial charge in [0.05, 0.1) is 17.9 Å². The van der Waals surface area contributed by atoms with Gasteiger partial charge in [0.25, 0.3) is 0 Å². The third-order valence-electron chi connectivity index (χ3n) is 7.09. The Bertz CT molecular complexity index is 1240. The number of ether oxygens (including phenoxy) is 1. The maximum Gasteiger partial charge on any atom is 0.159 e. The summed E-state index contributed by atoms with van der Waals surface area (Å²) in [5.41, 5.74) is 4.09. The van der Waals surface area contributed by atoms with E-state index in [9.17, 15) is 13.2 Å². The van der Waals surface area contributed by atoms with Crippen molar-refractivity contribution in [2.24, 2.45) is 5.16 Å². The van der Waals surface area contributed by atoms with Crippen LogP contribution in [-0.2, 0) is 21.8 Å². The van der Waals surface area contributed by atoms with E-state index in [-0.39, 0.29) is 29.5 Å². The number of aromatic nitrogens is 2. The van der Waals surface area contributed by atoms with Crippen LogP contribution in [0.2, 0.25) is 0 Å². The van der Waals surface area contributed by atoms with Crippen molar-refractivity contribution >= 4 is 5.71 Å². The summed E-state index contributed by atoms with van der Waals surface area (Å²) in [5, 5.41) is 3.94. The van der Waals surface area contributed by atoms with E-state index in [4.69, 9.17) is 9.57 Å². The molecule has 36 heavy (non-hydrogen) atoms.